The number of imide groups is 1. The summed E-state index contributed by atoms with van der Waals surface area (Å²) in [6.45, 7) is 5.84. The van der Waals surface area contributed by atoms with E-state index >= 15 is 0 Å². The van der Waals surface area contributed by atoms with E-state index < -0.39 is 0 Å². The highest BCUT2D eigenvalue weighted by atomic mass is 32.2. The summed E-state index contributed by atoms with van der Waals surface area (Å²) in [6, 6.07) is 12.9. The molecule has 0 spiro atoms. The lowest BCUT2D eigenvalue weighted by Gasteiger charge is -2.16. The normalized spacial score (nSPS) is 14.8. The first-order chi connectivity index (χ1) is 11.9. The van der Waals surface area contributed by atoms with E-state index in [-0.39, 0.29) is 22.9 Å². The lowest BCUT2D eigenvalue weighted by Crippen LogP contribution is -2.31. The molecule has 0 fully saturated rings. The second-order valence-corrected chi connectivity index (χ2v) is 7.75. The van der Waals surface area contributed by atoms with E-state index in [0.717, 1.165) is 5.56 Å². The largest absolute Gasteiger partial charge is 0.272 e. The van der Waals surface area contributed by atoms with Crippen molar-refractivity contribution in [3.05, 3.63) is 70.4 Å². The van der Waals surface area contributed by atoms with Gasteiger partial charge in [-0.3, -0.25) is 9.59 Å². The number of rotatable bonds is 4. The van der Waals surface area contributed by atoms with Gasteiger partial charge >= 0.3 is 0 Å². The van der Waals surface area contributed by atoms with Crippen LogP contribution in [0, 0.1) is 12.7 Å². The number of carbonyl (C=O) groups is 2. The lowest BCUT2D eigenvalue weighted by atomic mass is 10.1. The molecule has 3 rings (SSSR count). The molecule has 0 bridgehead atoms. The molecule has 0 aliphatic carbocycles. The minimum Gasteiger partial charge on any atom is -0.268 e. The highest BCUT2D eigenvalue weighted by Crippen LogP contribution is 2.39. The molecule has 3 nitrogen and oxygen atoms in total. The average molecular weight is 355 g/mol. The third-order valence-corrected chi connectivity index (χ3v) is 4.87. The maximum atomic E-state index is 13.3. The average Bonchev–Trinajstić information content (AvgIpc) is 2.78. The van der Waals surface area contributed by atoms with Crippen LogP contribution in [-0.4, -0.2) is 17.1 Å². The second-order valence-electron chi connectivity index (χ2n) is 6.16. The predicted molar refractivity (Wildman–Crippen MR) is 99.7 cm³/mol. The molecule has 2 amide bonds. The van der Waals surface area contributed by atoms with Crippen molar-refractivity contribution in [2.24, 2.45) is 0 Å². The van der Waals surface area contributed by atoms with E-state index in [4.69, 9.17) is 0 Å². The first kappa shape index (κ1) is 17.4. The van der Waals surface area contributed by atoms with Gasteiger partial charge in [0.05, 0.1) is 16.2 Å². The van der Waals surface area contributed by atoms with E-state index in [0.29, 0.717) is 21.7 Å². The maximum Gasteiger partial charge on any atom is 0.272 e. The first-order valence-corrected chi connectivity index (χ1v) is 8.88. The van der Waals surface area contributed by atoms with Crippen LogP contribution >= 0.6 is 11.8 Å². The summed E-state index contributed by atoms with van der Waals surface area (Å²) < 4.78 is 13.3. The summed E-state index contributed by atoms with van der Waals surface area (Å²) in [4.78, 5) is 27.6. The molecule has 2 aromatic rings. The fraction of sp³-hybridized carbons (Fsp3) is 0.200. The van der Waals surface area contributed by atoms with Crippen LogP contribution < -0.4 is 4.90 Å². The molecule has 1 aliphatic rings. The van der Waals surface area contributed by atoms with E-state index in [1.54, 1.807) is 12.1 Å². The molecule has 0 unspecified atom stereocenters. The second kappa shape index (κ2) is 6.84. The van der Waals surface area contributed by atoms with Crippen molar-refractivity contribution in [2.45, 2.75) is 26.0 Å². The fourth-order valence-corrected chi connectivity index (χ4v) is 3.71. The molecule has 1 heterocycles. The summed E-state index contributed by atoms with van der Waals surface area (Å²) in [5.41, 5.74) is 2.41. The molecule has 0 saturated heterocycles. The predicted octanol–water partition coefficient (Wildman–Crippen LogP) is 4.56. The third kappa shape index (κ3) is 3.37. The van der Waals surface area contributed by atoms with Gasteiger partial charge in [-0.25, -0.2) is 9.29 Å². The Morgan fingerprint density at radius 2 is 1.68 bits per heavy atom. The maximum absolute atomic E-state index is 13.3. The molecule has 25 heavy (non-hydrogen) atoms. The number of hydrogen-bond acceptors (Lipinski definition) is 3. The van der Waals surface area contributed by atoms with Crippen molar-refractivity contribution in [3.8, 4) is 0 Å². The van der Waals surface area contributed by atoms with E-state index in [2.05, 4.69) is 0 Å². The minimum atomic E-state index is -0.380. The van der Waals surface area contributed by atoms with Crippen LogP contribution in [0.2, 0.25) is 0 Å². The van der Waals surface area contributed by atoms with Crippen molar-refractivity contribution in [1.29, 1.82) is 0 Å². The lowest BCUT2D eigenvalue weighted by molar-refractivity contribution is -0.119. The standard InChI is InChI=1S/C20H18FNO2S/c1-12(2)25-18-17(14-7-9-15(21)10-8-14)19(23)22(20(18)24)16-6-4-5-13(3)11-16/h4-12H,1-3H3. The number of anilines is 1. The smallest absolute Gasteiger partial charge is 0.268 e. The van der Waals surface area contributed by atoms with Crippen molar-refractivity contribution >= 4 is 34.8 Å². The molecular formula is C20H18FNO2S. The number of amides is 2. The minimum absolute atomic E-state index is 0.139. The molecule has 0 N–H and O–H groups in total. The molecular weight excluding hydrogens is 337 g/mol. The monoisotopic (exact) mass is 355 g/mol. The molecule has 128 valence electrons. The van der Waals surface area contributed by atoms with Gasteiger partial charge in [-0.2, -0.15) is 0 Å². The Morgan fingerprint density at radius 1 is 1.00 bits per heavy atom. The molecule has 0 atom stereocenters. The number of hydrogen-bond donors (Lipinski definition) is 0. The van der Waals surface area contributed by atoms with Gasteiger partial charge in [0.15, 0.2) is 0 Å². The van der Waals surface area contributed by atoms with Crippen molar-refractivity contribution < 1.29 is 14.0 Å². The Balaban J connectivity index is 2.11. The number of thioether (sulfide) groups is 1. The van der Waals surface area contributed by atoms with Gasteiger partial charge in [-0.1, -0.05) is 38.1 Å². The Hall–Kier alpha value is -2.40. The Morgan fingerprint density at radius 3 is 2.28 bits per heavy atom. The van der Waals surface area contributed by atoms with Crippen molar-refractivity contribution in [1.82, 2.24) is 0 Å². The van der Waals surface area contributed by atoms with E-state index in [1.165, 1.54) is 40.9 Å². The quantitative estimate of drug-likeness (QED) is 0.755. The summed E-state index contributed by atoms with van der Waals surface area (Å²) in [7, 11) is 0. The Labute approximate surface area is 150 Å². The topological polar surface area (TPSA) is 37.4 Å². The number of halogens is 1. The molecule has 5 heteroatoms. The SMILES string of the molecule is Cc1cccc(N2C(=O)C(SC(C)C)=C(c3ccc(F)cc3)C2=O)c1. The zero-order chi connectivity index (χ0) is 18.1. The summed E-state index contributed by atoms with van der Waals surface area (Å²) in [5, 5.41) is 0.139. The Kier molecular flexibility index (Phi) is 4.77. The van der Waals surface area contributed by atoms with Gasteiger partial charge in [0.2, 0.25) is 0 Å². The summed E-state index contributed by atoms with van der Waals surface area (Å²) in [5.74, 6) is -1.08. The molecule has 0 saturated carbocycles. The molecule has 0 aromatic heterocycles. The Bertz CT molecular complexity index is 872. The summed E-state index contributed by atoms with van der Waals surface area (Å²) >= 11 is 1.36. The van der Waals surface area contributed by atoms with Gasteiger partial charge in [-0.15, -0.1) is 11.8 Å². The van der Waals surface area contributed by atoms with Crippen LogP contribution in [0.15, 0.2) is 53.4 Å². The molecule has 1 aliphatic heterocycles. The van der Waals surface area contributed by atoms with Crippen LogP contribution in [0.4, 0.5) is 10.1 Å². The third-order valence-electron chi connectivity index (χ3n) is 3.79. The zero-order valence-electron chi connectivity index (χ0n) is 14.2. The van der Waals surface area contributed by atoms with Gasteiger partial charge in [-0.05, 0) is 42.3 Å². The van der Waals surface area contributed by atoms with Crippen LogP contribution in [0.5, 0.6) is 0 Å². The van der Waals surface area contributed by atoms with Crippen molar-refractivity contribution in [3.63, 3.8) is 0 Å². The van der Waals surface area contributed by atoms with E-state index in [9.17, 15) is 14.0 Å². The number of benzene rings is 2. The number of carbonyl (C=O) groups excluding carboxylic acids is 2. The highest BCUT2D eigenvalue weighted by Gasteiger charge is 2.40. The van der Waals surface area contributed by atoms with Gasteiger partial charge in [0.1, 0.15) is 5.82 Å². The molecule has 0 radical (unpaired) electrons. The van der Waals surface area contributed by atoms with Crippen LogP contribution in [0.1, 0.15) is 25.0 Å². The van der Waals surface area contributed by atoms with Gasteiger partial charge < -0.3 is 0 Å². The highest BCUT2D eigenvalue weighted by molar-refractivity contribution is 8.04. The van der Waals surface area contributed by atoms with Gasteiger partial charge in [0.25, 0.3) is 11.8 Å². The first-order valence-electron chi connectivity index (χ1n) is 8.01. The van der Waals surface area contributed by atoms with Crippen molar-refractivity contribution in [2.75, 3.05) is 4.90 Å². The van der Waals surface area contributed by atoms with Crippen LogP contribution in [0.25, 0.3) is 5.57 Å². The molecule has 2 aromatic carbocycles. The zero-order valence-corrected chi connectivity index (χ0v) is 15.1. The van der Waals surface area contributed by atoms with Gasteiger partial charge in [0, 0.05) is 5.25 Å². The van der Waals surface area contributed by atoms with E-state index in [1.807, 2.05) is 32.9 Å². The van der Waals surface area contributed by atoms with Crippen LogP contribution in [0.3, 0.4) is 0 Å². The fourth-order valence-electron chi connectivity index (χ4n) is 2.73. The number of nitrogens with zero attached hydrogens (tertiary/aromatic N) is 1. The van der Waals surface area contributed by atoms with Crippen LogP contribution in [-0.2, 0) is 9.59 Å². The number of aryl methyl sites for hydroxylation is 1. The summed E-state index contributed by atoms with van der Waals surface area (Å²) in [6.07, 6.45) is 0.